The van der Waals surface area contributed by atoms with Gasteiger partial charge >= 0.3 is 6.09 Å². The minimum atomic E-state index is -1.66. The van der Waals surface area contributed by atoms with E-state index >= 15 is 0 Å². The number of ether oxygens (including phenoxy) is 3. The summed E-state index contributed by atoms with van der Waals surface area (Å²) in [6, 6.07) is 4.57. The summed E-state index contributed by atoms with van der Waals surface area (Å²) in [5, 5.41) is 12.0. The van der Waals surface area contributed by atoms with E-state index in [0.717, 1.165) is 30.6 Å². The van der Waals surface area contributed by atoms with Crippen LogP contribution in [-0.4, -0.2) is 41.3 Å². The number of aromatic nitrogens is 2. The van der Waals surface area contributed by atoms with Crippen LogP contribution in [0.4, 0.5) is 35.3 Å². The van der Waals surface area contributed by atoms with Crippen LogP contribution in [0.25, 0.3) is 0 Å². The topological polar surface area (TPSA) is 123 Å². The number of para-hydroxylation sites is 1. The van der Waals surface area contributed by atoms with Gasteiger partial charge in [0.15, 0.2) is 28.9 Å². The van der Waals surface area contributed by atoms with Crippen molar-refractivity contribution in [3.05, 3.63) is 72.3 Å². The quantitative estimate of drug-likeness (QED) is 0.411. The molecule has 3 rings (SSSR count). The lowest BCUT2D eigenvalue weighted by atomic mass is 10.1. The molecule has 0 saturated carbocycles. The van der Waals surface area contributed by atoms with E-state index in [4.69, 9.17) is 14.2 Å². The van der Waals surface area contributed by atoms with Crippen molar-refractivity contribution in [1.82, 2.24) is 9.97 Å². The van der Waals surface area contributed by atoms with Crippen LogP contribution >= 0.6 is 0 Å². The summed E-state index contributed by atoms with van der Waals surface area (Å²) in [5.74, 6) is -4.79. The molecule has 0 atom stereocenters. The van der Waals surface area contributed by atoms with Crippen LogP contribution in [0.5, 0.6) is 17.2 Å². The molecule has 0 fully saturated rings. The second kappa shape index (κ2) is 11.1. The van der Waals surface area contributed by atoms with Crippen LogP contribution < -0.4 is 24.4 Å². The molecule has 188 valence electrons. The average Bonchev–Trinajstić information content (AvgIpc) is 2.86. The van der Waals surface area contributed by atoms with Crippen molar-refractivity contribution in [2.24, 2.45) is 0 Å². The third kappa shape index (κ3) is 5.29. The number of hydrogen-bond donors (Lipinski definition) is 2. The summed E-state index contributed by atoms with van der Waals surface area (Å²) in [5.41, 5.74) is -1.21. The Hall–Kier alpha value is -4.81. The Kier molecular flexibility index (Phi) is 7.94. The summed E-state index contributed by atoms with van der Waals surface area (Å²) < 4.78 is 58.7. The van der Waals surface area contributed by atoms with E-state index in [1.165, 1.54) is 26.4 Å². The number of amides is 2. The number of halogens is 3. The zero-order chi connectivity index (χ0) is 26.4. The van der Waals surface area contributed by atoms with Gasteiger partial charge in [-0.2, -0.15) is 0 Å². The fourth-order valence-electron chi connectivity index (χ4n) is 3.03. The monoisotopic (exact) mass is 504 g/mol. The van der Waals surface area contributed by atoms with Gasteiger partial charge in [-0.15, -0.1) is 0 Å². The number of nitrogens with one attached hydrogen (secondary N) is 1. The van der Waals surface area contributed by atoms with Crippen molar-refractivity contribution in [1.29, 1.82) is 0 Å². The standard InChI is InChI=1S/C23H19F3N4O6/c1-4-18(31)29-15-7-5-6-14(24)21(15)30(23(32)33)22-27-9-12(10-28-22)36-11-13-19(25)16(34-2)8-17(35-3)20(13)26/h4-10H,1,11H2,2-3H3,(H,29,31)(H,32,33). The van der Waals surface area contributed by atoms with Crippen LogP contribution in [0.3, 0.4) is 0 Å². The first-order valence-electron chi connectivity index (χ1n) is 10.00. The Morgan fingerprint density at radius 1 is 1.11 bits per heavy atom. The molecule has 2 N–H and O–H groups in total. The Bertz CT molecular complexity index is 1280. The van der Waals surface area contributed by atoms with Crippen LogP contribution in [-0.2, 0) is 11.4 Å². The SMILES string of the molecule is C=CC(=O)Nc1cccc(F)c1N(C(=O)O)c1ncc(OCc2c(F)c(OC)cc(OC)c2F)cn1. The number of hydrogen-bond acceptors (Lipinski definition) is 7. The molecule has 36 heavy (non-hydrogen) atoms. The highest BCUT2D eigenvalue weighted by Gasteiger charge is 2.27. The molecule has 2 amide bonds. The van der Waals surface area contributed by atoms with Gasteiger partial charge in [0, 0.05) is 6.07 Å². The van der Waals surface area contributed by atoms with Crippen molar-refractivity contribution < 1.29 is 42.1 Å². The van der Waals surface area contributed by atoms with Gasteiger partial charge < -0.3 is 24.6 Å². The molecule has 0 aliphatic rings. The fraction of sp³-hybridized carbons (Fsp3) is 0.130. The highest BCUT2D eigenvalue weighted by Crippen LogP contribution is 2.34. The lowest BCUT2D eigenvalue weighted by Gasteiger charge is -2.21. The van der Waals surface area contributed by atoms with E-state index < -0.39 is 53.3 Å². The van der Waals surface area contributed by atoms with E-state index in [0.29, 0.717) is 4.90 Å². The van der Waals surface area contributed by atoms with Crippen LogP contribution in [0.15, 0.2) is 49.3 Å². The predicted molar refractivity (Wildman–Crippen MR) is 121 cm³/mol. The molecule has 0 unspecified atom stereocenters. The molecule has 0 spiro atoms. The van der Waals surface area contributed by atoms with Crippen LogP contribution in [0, 0.1) is 17.5 Å². The zero-order valence-corrected chi connectivity index (χ0v) is 18.9. The van der Waals surface area contributed by atoms with E-state index in [1.54, 1.807) is 0 Å². The third-order valence-electron chi connectivity index (χ3n) is 4.71. The first kappa shape index (κ1) is 25.8. The number of methoxy groups -OCH3 is 2. The number of carbonyl (C=O) groups excluding carboxylic acids is 1. The average molecular weight is 504 g/mol. The van der Waals surface area contributed by atoms with E-state index in [-0.39, 0.29) is 22.9 Å². The fourth-order valence-corrected chi connectivity index (χ4v) is 3.03. The summed E-state index contributed by atoms with van der Waals surface area (Å²) in [6.45, 7) is 2.68. The molecule has 0 aliphatic heterocycles. The van der Waals surface area contributed by atoms with Gasteiger partial charge in [0.2, 0.25) is 11.9 Å². The van der Waals surface area contributed by atoms with Gasteiger partial charge in [0.1, 0.15) is 18.1 Å². The number of carboxylic acid groups (broad SMARTS) is 1. The zero-order valence-electron chi connectivity index (χ0n) is 18.9. The minimum Gasteiger partial charge on any atom is -0.494 e. The van der Waals surface area contributed by atoms with Crippen molar-refractivity contribution in [2.45, 2.75) is 6.61 Å². The minimum absolute atomic E-state index is 0.0848. The molecule has 3 aromatic rings. The first-order valence-corrected chi connectivity index (χ1v) is 10.00. The number of nitrogens with zero attached hydrogens (tertiary/aromatic N) is 3. The third-order valence-corrected chi connectivity index (χ3v) is 4.71. The van der Waals surface area contributed by atoms with Crippen molar-refractivity contribution in [3.63, 3.8) is 0 Å². The maximum Gasteiger partial charge on any atom is 0.419 e. The number of anilines is 3. The van der Waals surface area contributed by atoms with Crippen molar-refractivity contribution in [3.8, 4) is 17.2 Å². The molecule has 0 aliphatic carbocycles. The number of rotatable bonds is 9. The lowest BCUT2D eigenvalue weighted by Crippen LogP contribution is -2.28. The molecule has 1 heterocycles. The molecule has 13 heteroatoms. The maximum absolute atomic E-state index is 14.6. The number of benzene rings is 2. The van der Waals surface area contributed by atoms with Gasteiger partial charge in [-0.25, -0.2) is 32.8 Å². The van der Waals surface area contributed by atoms with Gasteiger partial charge in [-0.05, 0) is 18.2 Å². The number of carbonyl (C=O) groups is 2. The second-order valence-corrected chi connectivity index (χ2v) is 6.84. The van der Waals surface area contributed by atoms with Gasteiger partial charge in [-0.1, -0.05) is 12.6 Å². The maximum atomic E-state index is 14.6. The molecule has 0 saturated heterocycles. The smallest absolute Gasteiger partial charge is 0.419 e. The molecular weight excluding hydrogens is 485 g/mol. The van der Waals surface area contributed by atoms with E-state index in [2.05, 4.69) is 21.9 Å². The van der Waals surface area contributed by atoms with Crippen LogP contribution in [0.1, 0.15) is 5.56 Å². The predicted octanol–water partition coefficient (Wildman–Crippen LogP) is 4.43. The Labute approximate surface area is 202 Å². The molecule has 0 radical (unpaired) electrons. The van der Waals surface area contributed by atoms with E-state index in [9.17, 15) is 27.9 Å². The van der Waals surface area contributed by atoms with Crippen molar-refractivity contribution in [2.75, 3.05) is 24.4 Å². The Morgan fingerprint density at radius 2 is 1.72 bits per heavy atom. The molecule has 2 aromatic carbocycles. The van der Waals surface area contributed by atoms with Gasteiger partial charge in [-0.3, -0.25) is 4.79 Å². The van der Waals surface area contributed by atoms with Gasteiger partial charge in [0.05, 0.1) is 37.9 Å². The van der Waals surface area contributed by atoms with Gasteiger partial charge in [0.25, 0.3) is 0 Å². The Balaban J connectivity index is 1.90. The largest absolute Gasteiger partial charge is 0.494 e. The summed E-state index contributed by atoms with van der Waals surface area (Å²) >= 11 is 0. The first-order chi connectivity index (χ1) is 17.2. The lowest BCUT2D eigenvalue weighted by molar-refractivity contribution is -0.111. The highest BCUT2D eigenvalue weighted by atomic mass is 19.1. The molecule has 0 bridgehead atoms. The van der Waals surface area contributed by atoms with E-state index in [1.807, 2.05) is 0 Å². The molecule has 1 aromatic heterocycles. The summed E-state index contributed by atoms with van der Waals surface area (Å²) in [6.07, 6.45) is 1.31. The Morgan fingerprint density at radius 3 is 2.25 bits per heavy atom. The molecule has 10 nitrogen and oxygen atoms in total. The molecular formula is C23H19F3N4O6. The summed E-state index contributed by atoms with van der Waals surface area (Å²) in [7, 11) is 2.40. The summed E-state index contributed by atoms with van der Waals surface area (Å²) in [4.78, 5) is 31.8. The highest BCUT2D eigenvalue weighted by molar-refractivity contribution is 6.04. The van der Waals surface area contributed by atoms with Crippen molar-refractivity contribution >= 4 is 29.3 Å². The normalized spacial score (nSPS) is 10.4. The van der Waals surface area contributed by atoms with Crippen LogP contribution in [0.2, 0.25) is 0 Å². The second-order valence-electron chi connectivity index (χ2n) is 6.84.